The minimum Gasteiger partial charge on any atom is -0.369 e. The predicted octanol–water partition coefficient (Wildman–Crippen LogP) is 2.23. The van der Waals surface area contributed by atoms with Gasteiger partial charge in [0.2, 0.25) is 5.91 Å². The van der Waals surface area contributed by atoms with Gasteiger partial charge in [0, 0.05) is 7.34 Å². The van der Waals surface area contributed by atoms with E-state index in [0.29, 0.717) is 5.92 Å². The van der Waals surface area contributed by atoms with Gasteiger partial charge in [-0.05, 0) is 17.9 Å². The fourth-order valence-electron chi connectivity index (χ4n) is 1.44. The number of carbonyl (C=O) groups is 1. The van der Waals surface area contributed by atoms with E-state index >= 15 is 0 Å². The van der Waals surface area contributed by atoms with Crippen LogP contribution in [0.4, 0.5) is 0 Å². The Hall–Kier alpha value is -1.31. The van der Waals surface area contributed by atoms with Gasteiger partial charge in [0.1, 0.15) is 0 Å². The fraction of sp³-hybridized carbons (Fsp3) is 0.417. The molecule has 1 amide bonds. The molecule has 0 saturated carbocycles. The van der Waals surface area contributed by atoms with Crippen molar-refractivity contribution in [3.8, 4) is 0 Å². The van der Waals surface area contributed by atoms with Gasteiger partial charge in [-0.1, -0.05) is 44.2 Å². The molecule has 0 radical (unpaired) electrons. The first-order chi connectivity index (χ1) is 6.61. The van der Waals surface area contributed by atoms with Crippen molar-refractivity contribution in [2.75, 3.05) is 0 Å². The lowest BCUT2D eigenvalue weighted by Crippen LogP contribution is -2.27. The van der Waals surface area contributed by atoms with Crippen LogP contribution in [0.1, 0.15) is 20.8 Å². The minimum absolute atomic E-state index is 0. The van der Waals surface area contributed by atoms with Crippen LogP contribution in [0.3, 0.4) is 0 Å². The molecule has 2 nitrogen and oxygen atoms in total. The van der Waals surface area contributed by atoms with Gasteiger partial charge in [-0.3, -0.25) is 4.79 Å². The van der Waals surface area contributed by atoms with Crippen molar-refractivity contribution in [1.82, 2.24) is 0 Å². The number of benzene rings is 1. The Labute approximate surface area is 86.6 Å². The lowest BCUT2D eigenvalue weighted by Gasteiger charge is -2.16. The molecular weight excluding hydrogens is 174 g/mol. The van der Waals surface area contributed by atoms with Gasteiger partial charge < -0.3 is 5.73 Å². The van der Waals surface area contributed by atoms with Crippen LogP contribution in [-0.4, -0.2) is 5.91 Å². The number of nitrogens with two attached hydrogens (primary N) is 1. The van der Waals surface area contributed by atoms with Gasteiger partial charge in [-0.2, -0.15) is 0 Å². The van der Waals surface area contributed by atoms with Crippen LogP contribution >= 0.6 is 0 Å². The molecule has 0 saturated heterocycles. The molecule has 0 aliphatic heterocycles. The second-order valence-corrected chi connectivity index (χ2v) is 3.86. The maximum atomic E-state index is 11.0. The number of hydrogen-bond donors (Lipinski definition) is 1. The summed E-state index contributed by atoms with van der Waals surface area (Å²) in [4.78, 5) is 11.0. The Kier molecular flexibility index (Phi) is 3.69. The van der Waals surface area contributed by atoms with Crippen molar-refractivity contribution in [3.05, 3.63) is 35.9 Å². The number of primary amides is 1. The van der Waals surface area contributed by atoms with Crippen molar-refractivity contribution in [2.45, 2.75) is 20.3 Å². The first-order valence-corrected chi connectivity index (χ1v) is 4.94. The van der Waals surface area contributed by atoms with Gasteiger partial charge in [0.05, 0.1) is 0 Å². The SMILES string of the molecule is CC(C(N)=O)[C@@H](C)Cc1ccccc1.[HH]. The summed E-state index contributed by atoms with van der Waals surface area (Å²) >= 11 is 0. The molecule has 2 heteroatoms. The zero-order chi connectivity index (χ0) is 10.6. The largest absolute Gasteiger partial charge is 0.369 e. The highest BCUT2D eigenvalue weighted by molar-refractivity contribution is 5.76. The highest BCUT2D eigenvalue weighted by Gasteiger charge is 2.17. The third-order valence-corrected chi connectivity index (χ3v) is 2.70. The molecule has 2 atom stereocenters. The standard InChI is InChI=1S/C12H17NO.H2/c1-9(10(2)12(13)14)8-11-6-4-3-5-7-11;/h3-7,9-10H,8H2,1-2H3,(H2,13,14);1H/t9-,10?;/m0./s1. The van der Waals surface area contributed by atoms with E-state index in [1.54, 1.807) is 0 Å². The summed E-state index contributed by atoms with van der Waals surface area (Å²) in [5.74, 6) is 0.0264. The van der Waals surface area contributed by atoms with E-state index in [-0.39, 0.29) is 13.3 Å². The van der Waals surface area contributed by atoms with Crippen LogP contribution in [0.25, 0.3) is 0 Å². The van der Waals surface area contributed by atoms with Crippen LogP contribution in [0.5, 0.6) is 0 Å². The summed E-state index contributed by atoms with van der Waals surface area (Å²) in [5, 5.41) is 0. The third-order valence-electron chi connectivity index (χ3n) is 2.70. The fourth-order valence-corrected chi connectivity index (χ4v) is 1.44. The van der Waals surface area contributed by atoms with Gasteiger partial charge >= 0.3 is 0 Å². The van der Waals surface area contributed by atoms with Crippen molar-refractivity contribution < 1.29 is 6.22 Å². The van der Waals surface area contributed by atoms with Crippen molar-refractivity contribution in [2.24, 2.45) is 17.6 Å². The minimum atomic E-state index is -0.214. The molecule has 0 aromatic heterocycles. The van der Waals surface area contributed by atoms with E-state index in [4.69, 9.17) is 5.73 Å². The molecule has 2 N–H and O–H groups in total. The predicted molar refractivity (Wildman–Crippen MR) is 59.8 cm³/mol. The Morgan fingerprint density at radius 2 is 1.93 bits per heavy atom. The number of hydrogen-bond acceptors (Lipinski definition) is 1. The quantitative estimate of drug-likeness (QED) is 0.783. The summed E-state index contributed by atoms with van der Waals surface area (Å²) in [6.45, 7) is 3.94. The summed E-state index contributed by atoms with van der Waals surface area (Å²) in [6.07, 6.45) is 0.908. The van der Waals surface area contributed by atoms with E-state index in [1.807, 2.05) is 25.1 Å². The maximum Gasteiger partial charge on any atom is 0.220 e. The molecule has 0 heterocycles. The van der Waals surface area contributed by atoms with Gasteiger partial charge in [0.25, 0.3) is 0 Å². The van der Waals surface area contributed by atoms with E-state index in [1.165, 1.54) is 5.56 Å². The highest BCUT2D eigenvalue weighted by atomic mass is 16.1. The molecule has 14 heavy (non-hydrogen) atoms. The monoisotopic (exact) mass is 193 g/mol. The first kappa shape index (κ1) is 10.8. The molecule has 0 aliphatic rings. The van der Waals surface area contributed by atoms with Crippen LogP contribution in [0.15, 0.2) is 30.3 Å². The molecule has 1 unspecified atom stereocenters. The molecule has 0 fully saturated rings. The summed E-state index contributed by atoms with van der Waals surface area (Å²) in [7, 11) is 0. The van der Waals surface area contributed by atoms with E-state index in [2.05, 4.69) is 19.1 Å². The van der Waals surface area contributed by atoms with Crippen LogP contribution in [0.2, 0.25) is 0 Å². The zero-order valence-electron chi connectivity index (χ0n) is 8.73. The molecule has 0 bridgehead atoms. The Morgan fingerprint density at radius 1 is 1.36 bits per heavy atom. The molecule has 0 spiro atoms. The Balaban J connectivity index is 0.00000196. The van der Waals surface area contributed by atoms with Crippen molar-refractivity contribution >= 4 is 5.91 Å². The third kappa shape index (κ3) is 2.87. The summed E-state index contributed by atoms with van der Waals surface area (Å²) < 4.78 is 0. The summed E-state index contributed by atoms with van der Waals surface area (Å²) in [5.41, 5.74) is 6.51. The molecular formula is C12H19NO. The molecule has 1 aromatic rings. The van der Waals surface area contributed by atoms with Gasteiger partial charge in [-0.15, -0.1) is 0 Å². The Morgan fingerprint density at radius 3 is 2.43 bits per heavy atom. The molecule has 1 rings (SSSR count). The lowest BCUT2D eigenvalue weighted by atomic mass is 9.89. The number of amides is 1. The van der Waals surface area contributed by atoms with Gasteiger partial charge in [0.15, 0.2) is 0 Å². The summed E-state index contributed by atoms with van der Waals surface area (Å²) in [6, 6.07) is 10.2. The highest BCUT2D eigenvalue weighted by Crippen LogP contribution is 2.16. The van der Waals surface area contributed by atoms with E-state index in [0.717, 1.165) is 6.42 Å². The van der Waals surface area contributed by atoms with Crippen molar-refractivity contribution in [1.29, 1.82) is 0 Å². The number of carbonyl (C=O) groups excluding carboxylic acids is 1. The molecule has 0 aliphatic carbocycles. The van der Waals surface area contributed by atoms with Crippen LogP contribution < -0.4 is 5.73 Å². The molecule has 1 aromatic carbocycles. The topological polar surface area (TPSA) is 43.1 Å². The first-order valence-electron chi connectivity index (χ1n) is 4.94. The van der Waals surface area contributed by atoms with Crippen LogP contribution in [0, 0.1) is 11.8 Å². The Bertz CT molecular complexity index is 300. The zero-order valence-corrected chi connectivity index (χ0v) is 8.73. The van der Waals surface area contributed by atoms with E-state index < -0.39 is 0 Å². The van der Waals surface area contributed by atoms with Crippen molar-refractivity contribution in [3.63, 3.8) is 0 Å². The second kappa shape index (κ2) is 4.80. The second-order valence-electron chi connectivity index (χ2n) is 3.86. The number of rotatable bonds is 4. The molecule has 78 valence electrons. The maximum absolute atomic E-state index is 11.0. The normalized spacial score (nSPS) is 14.7. The lowest BCUT2D eigenvalue weighted by molar-refractivity contribution is -0.122. The van der Waals surface area contributed by atoms with Crippen LogP contribution in [-0.2, 0) is 11.2 Å². The van der Waals surface area contributed by atoms with Gasteiger partial charge in [-0.25, -0.2) is 0 Å². The average molecular weight is 193 g/mol. The van der Waals surface area contributed by atoms with E-state index in [9.17, 15) is 4.79 Å². The smallest absolute Gasteiger partial charge is 0.220 e. The average Bonchev–Trinajstić information content (AvgIpc) is 2.18.